The summed E-state index contributed by atoms with van der Waals surface area (Å²) in [7, 11) is 0. The first-order chi connectivity index (χ1) is 6.56. The Kier molecular flexibility index (Phi) is 2.18. The second-order valence-corrected chi connectivity index (χ2v) is 5.59. The Labute approximate surface area is 86.8 Å². The molecule has 3 atom stereocenters. The number of nitrogens with zero attached hydrogens (tertiary/aromatic N) is 1. The molecule has 0 amide bonds. The molecule has 1 saturated carbocycles. The van der Waals surface area contributed by atoms with E-state index in [0.717, 1.165) is 6.42 Å². The number of nitriles is 1. The molecule has 14 heavy (non-hydrogen) atoms. The summed E-state index contributed by atoms with van der Waals surface area (Å²) in [6, 6.07) is 2.42. The van der Waals surface area contributed by atoms with E-state index in [9.17, 15) is 0 Å². The Morgan fingerprint density at radius 1 is 1.50 bits per heavy atom. The third-order valence-electron chi connectivity index (χ3n) is 4.02. The standard InChI is InChI=1S/C13H19N/c1-9-5-4-6-13(2,3)12(9)11-7-10(11)8-14/h5,10-12H,4,6-7H2,1-3H3. The van der Waals surface area contributed by atoms with Gasteiger partial charge in [-0.25, -0.2) is 0 Å². The first-order valence-corrected chi connectivity index (χ1v) is 5.62. The summed E-state index contributed by atoms with van der Waals surface area (Å²) >= 11 is 0. The molecule has 2 rings (SSSR count). The molecule has 0 aromatic carbocycles. The quantitative estimate of drug-likeness (QED) is 0.579. The van der Waals surface area contributed by atoms with Gasteiger partial charge in [0, 0.05) is 0 Å². The van der Waals surface area contributed by atoms with Crippen LogP contribution in [0, 0.1) is 34.5 Å². The van der Waals surface area contributed by atoms with Gasteiger partial charge in [0.2, 0.25) is 0 Å². The van der Waals surface area contributed by atoms with Crippen molar-refractivity contribution < 1.29 is 0 Å². The van der Waals surface area contributed by atoms with Crippen molar-refractivity contribution in [2.45, 2.75) is 40.0 Å². The second-order valence-electron chi connectivity index (χ2n) is 5.59. The summed E-state index contributed by atoms with van der Waals surface area (Å²) in [5.41, 5.74) is 1.94. The van der Waals surface area contributed by atoms with Gasteiger partial charge in [-0.15, -0.1) is 0 Å². The molecule has 0 saturated heterocycles. The van der Waals surface area contributed by atoms with Gasteiger partial charge < -0.3 is 0 Å². The zero-order chi connectivity index (χ0) is 10.3. The highest BCUT2D eigenvalue weighted by atomic mass is 14.5. The highest BCUT2D eigenvalue weighted by molar-refractivity contribution is 5.20. The third-order valence-corrected chi connectivity index (χ3v) is 4.02. The molecular formula is C13H19N. The average molecular weight is 189 g/mol. The SMILES string of the molecule is CC1=CCCC(C)(C)C1C1CC1C#N. The van der Waals surface area contributed by atoms with Crippen LogP contribution in [-0.4, -0.2) is 0 Å². The van der Waals surface area contributed by atoms with E-state index in [2.05, 4.69) is 32.9 Å². The van der Waals surface area contributed by atoms with Crippen molar-refractivity contribution in [1.29, 1.82) is 5.26 Å². The monoisotopic (exact) mass is 189 g/mol. The van der Waals surface area contributed by atoms with Crippen LogP contribution in [0.1, 0.15) is 40.0 Å². The van der Waals surface area contributed by atoms with Gasteiger partial charge in [0.25, 0.3) is 0 Å². The minimum absolute atomic E-state index is 0.348. The fourth-order valence-electron chi connectivity index (χ4n) is 3.22. The molecule has 0 radical (unpaired) electrons. The molecule has 2 aliphatic rings. The van der Waals surface area contributed by atoms with E-state index in [0.29, 0.717) is 23.2 Å². The van der Waals surface area contributed by atoms with Crippen LogP contribution in [0.3, 0.4) is 0 Å². The van der Waals surface area contributed by atoms with Crippen molar-refractivity contribution in [2.75, 3.05) is 0 Å². The Morgan fingerprint density at radius 2 is 2.21 bits per heavy atom. The molecule has 0 aromatic heterocycles. The van der Waals surface area contributed by atoms with Crippen molar-refractivity contribution in [3.8, 4) is 6.07 Å². The molecule has 0 N–H and O–H groups in total. The highest BCUT2D eigenvalue weighted by Gasteiger charge is 2.49. The predicted molar refractivity (Wildman–Crippen MR) is 57.5 cm³/mol. The number of rotatable bonds is 1. The Hall–Kier alpha value is -0.770. The van der Waals surface area contributed by atoms with Gasteiger partial charge >= 0.3 is 0 Å². The Morgan fingerprint density at radius 3 is 2.71 bits per heavy atom. The summed E-state index contributed by atoms with van der Waals surface area (Å²) in [6.45, 7) is 6.97. The summed E-state index contributed by atoms with van der Waals surface area (Å²) < 4.78 is 0. The molecule has 1 heteroatoms. The number of hydrogen-bond acceptors (Lipinski definition) is 1. The average Bonchev–Trinajstić information content (AvgIpc) is 2.82. The summed E-state index contributed by atoms with van der Waals surface area (Å²) in [6.07, 6.45) is 6.02. The van der Waals surface area contributed by atoms with Crippen molar-refractivity contribution in [3.63, 3.8) is 0 Å². The van der Waals surface area contributed by atoms with Crippen LogP contribution in [0.4, 0.5) is 0 Å². The normalized spacial score (nSPS) is 39.9. The maximum Gasteiger partial charge on any atom is 0.0659 e. The molecular weight excluding hydrogens is 170 g/mol. The fraction of sp³-hybridized carbons (Fsp3) is 0.769. The molecule has 0 aliphatic heterocycles. The smallest absolute Gasteiger partial charge is 0.0659 e. The lowest BCUT2D eigenvalue weighted by molar-refractivity contribution is 0.188. The zero-order valence-corrected chi connectivity index (χ0v) is 9.38. The largest absolute Gasteiger partial charge is 0.198 e. The van der Waals surface area contributed by atoms with Crippen LogP contribution in [0.2, 0.25) is 0 Å². The number of allylic oxidation sites excluding steroid dienone is 2. The second kappa shape index (κ2) is 3.12. The minimum Gasteiger partial charge on any atom is -0.198 e. The molecule has 3 unspecified atom stereocenters. The van der Waals surface area contributed by atoms with Gasteiger partial charge in [-0.1, -0.05) is 25.5 Å². The molecule has 0 heterocycles. The van der Waals surface area contributed by atoms with Crippen molar-refractivity contribution in [3.05, 3.63) is 11.6 Å². The summed E-state index contributed by atoms with van der Waals surface area (Å²) in [4.78, 5) is 0. The van der Waals surface area contributed by atoms with Gasteiger partial charge in [0.1, 0.15) is 0 Å². The molecule has 1 nitrogen and oxygen atoms in total. The van der Waals surface area contributed by atoms with E-state index < -0.39 is 0 Å². The first-order valence-electron chi connectivity index (χ1n) is 5.62. The van der Waals surface area contributed by atoms with E-state index in [4.69, 9.17) is 5.26 Å². The molecule has 2 aliphatic carbocycles. The van der Waals surface area contributed by atoms with Crippen LogP contribution in [0.15, 0.2) is 11.6 Å². The third kappa shape index (κ3) is 1.47. The lowest BCUT2D eigenvalue weighted by Gasteiger charge is -2.39. The number of hydrogen-bond donors (Lipinski definition) is 0. The lowest BCUT2D eigenvalue weighted by atomic mass is 9.66. The van der Waals surface area contributed by atoms with Crippen molar-refractivity contribution >= 4 is 0 Å². The maximum absolute atomic E-state index is 8.89. The van der Waals surface area contributed by atoms with E-state index in [-0.39, 0.29) is 0 Å². The Bertz CT molecular complexity index is 306. The Balaban J connectivity index is 2.19. The van der Waals surface area contributed by atoms with Gasteiger partial charge in [0.05, 0.1) is 12.0 Å². The van der Waals surface area contributed by atoms with Gasteiger partial charge in [-0.3, -0.25) is 0 Å². The lowest BCUT2D eigenvalue weighted by Crippen LogP contribution is -2.29. The highest BCUT2D eigenvalue weighted by Crippen LogP contribution is 2.55. The van der Waals surface area contributed by atoms with Gasteiger partial charge in [-0.05, 0) is 43.4 Å². The van der Waals surface area contributed by atoms with Crippen LogP contribution >= 0.6 is 0 Å². The predicted octanol–water partition coefficient (Wildman–Crippen LogP) is 3.53. The van der Waals surface area contributed by atoms with E-state index in [1.165, 1.54) is 18.4 Å². The van der Waals surface area contributed by atoms with Crippen LogP contribution < -0.4 is 0 Å². The van der Waals surface area contributed by atoms with Crippen molar-refractivity contribution in [2.24, 2.45) is 23.2 Å². The van der Waals surface area contributed by atoms with Crippen LogP contribution in [0.5, 0.6) is 0 Å². The van der Waals surface area contributed by atoms with Crippen LogP contribution in [-0.2, 0) is 0 Å². The summed E-state index contributed by atoms with van der Waals surface area (Å²) in [5, 5.41) is 8.89. The van der Waals surface area contributed by atoms with E-state index in [1.807, 2.05) is 0 Å². The topological polar surface area (TPSA) is 23.8 Å². The van der Waals surface area contributed by atoms with E-state index in [1.54, 1.807) is 0 Å². The van der Waals surface area contributed by atoms with Gasteiger partial charge in [0.15, 0.2) is 0 Å². The molecule has 0 aromatic rings. The van der Waals surface area contributed by atoms with Gasteiger partial charge in [-0.2, -0.15) is 5.26 Å². The zero-order valence-electron chi connectivity index (χ0n) is 9.38. The fourth-order valence-corrected chi connectivity index (χ4v) is 3.22. The molecule has 0 bridgehead atoms. The minimum atomic E-state index is 0.348. The van der Waals surface area contributed by atoms with E-state index >= 15 is 0 Å². The molecule has 0 spiro atoms. The molecule has 76 valence electrons. The molecule has 1 fully saturated rings. The van der Waals surface area contributed by atoms with Crippen LogP contribution in [0.25, 0.3) is 0 Å². The summed E-state index contributed by atoms with van der Waals surface area (Å²) in [5.74, 6) is 1.67. The maximum atomic E-state index is 8.89. The first kappa shape index (κ1) is 9.77. The van der Waals surface area contributed by atoms with Crippen molar-refractivity contribution in [1.82, 2.24) is 0 Å².